The summed E-state index contributed by atoms with van der Waals surface area (Å²) in [5, 5.41) is 24.2. The van der Waals surface area contributed by atoms with Crippen LogP contribution < -0.4 is 0 Å². The lowest BCUT2D eigenvalue weighted by Crippen LogP contribution is -2.00. The van der Waals surface area contributed by atoms with Crippen LogP contribution in [0.3, 0.4) is 0 Å². The van der Waals surface area contributed by atoms with Crippen molar-refractivity contribution < 1.29 is 13.3 Å². The maximum absolute atomic E-state index is 6.73. The fourth-order valence-corrected chi connectivity index (χ4v) is 21.2. The summed E-state index contributed by atoms with van der Waals surface area (Å²) in [5.74, 6) is 5.70. The molecule has 15 heteroatoms. The van der Waals surface area contributed by atoms with Crippen molar-refractivity contribution in [2.75, 3.05) is 0 Å². The third-order valence-corrected chi connectivity index (χ3v) is 28.3. The minimum Gasteiger partial charge on any atom is -0.456 e. The maximum Gasteiger partial charge on any atom is 0.164 e. The number of nitrogens with zero attached hydrogens (tertiary/aromatic N) is 12. The van der Waals surface area contributed by atoms with Gasteiger partial charge in [-0.2, -0.15) is 0 Å². The molecule has 0 saturated carbocycles. The van der Waals surface area contributed by atoms with E-state index in [1.807, 2.05) is 195 Å². The van der Waals surface area contributed by atoms with E-state index in [9.17, 15) is 0 Å². The molecule has 9 aromatic heterocycles. The van der Waals surface area contributed by atoms with Gasteiger partial charge in [-0.05, 0) is 194 Å². The molecule has 0 aliphatic rings. The fraction of sp³-hybridized carbons (Fsp3) is 0. The first-order valence-corrected chi connectivity index (χ1v) is 49.6. The van der Waals surface area contributed by atoms with Gasteiger partial charge in [0.2, 0.25) is 0 Å². The largest absolute Gasteiger partial charge is 0.456 e. The van der Waals surface area contributed by atoms with Crippen LogP contribution in [-0.2, 0) is 0 Å². The molecule has 0 N–H and O–H groups in total. The van der Waals surface area contributed by atoms with Crippen LogP contribution in [0.5, 0.6) is 0 Å². The van der Waals surface area contributed by atoms with Crippen molar-refractivity contribution in [1.29, 1.82) is 0 Å². The molecule has 149 heavy (non-hydrogen) atoms. The van der Waals surface area contributed by atoms with Crippen LogP contribution in [0.15, 0.2) is 499 Å². The smallest absolute Gasteiger partial charge is 0.164 e. The topological polar surface area (TPSA) is 194 Å². The summed E-state index contributed by atoms with van der Waals surface area (Å²) in [4.78, 5) is 59.2. The van der Waals surface area contributed by atoms with E-state index in [1.54, 1.807) is 0 Å². The number of hydrogen-bond donors (Lipinski definition) is 0. The second kappa shape index (κ2) is 36.5. The monoisotopic (exact) mass is 1900 g/mol. The Morgan fingerprint density at radius 3 is 0.846 bits per heavy atom. The first kappa shape index (κ1) is 86.5. The predicted octanol–water partition coefficient (Wildman–Crippen LogP) is 34.4. The summed E-state index contributed by atoms with van der Waals surface area (Å²) in [7, 11) is 0. The zero-order valence-corrected chi connectivity index (χ0v) is 79.8. The Balaban J connectivity index is 0.000000108. The van der Waals surface area contributed by atoms with Crippen molar-refractivity contribution in [1.82, 2.24) is 59.8 Å². The summed E-state index contributed by atoms with van der Waals surface area (Å²) in [6, 6.07) is 157. The van der Waals surface area contributed by atoms with Gasteiger partial charge in [-0.15, -0.1) is 0 Å². The van der Waals surface area contributed by atoms with E-state index in [-0.39, 0.29) is 0 Å². The molecule has 30 rings (SSSR count). The summed E-state index contributed by atoms with van der Waals surface area (Å²) in [6.45, 7) is 0. The van der Waals surface area contributed by atoms with Gasteiger partial charge in [0, 0.05) is 135 Å². The fourth-order valence-electron chi connectivity index (χ4n) is 21.2. The third-order valence-electron chi connectivity index (χ3n) is 28.3. The molecular formula is C134H80N12O3. The average molecular weight is 1910 g/mol. The highest BCUT2D eigenvalue weighted by Crippen LogP contribution is 2.49. The van der Waals surface area contributed by atoms with Crippen LogP contribution in [-0.4, -0.2) is 59.8 Å². The Hall–Kier alpha value is -20.4. The van der Waals surface area contributed by atoms with Crippen LogP contribution in [0.1, 0.15) is 0 Å². The Morgan fingerprint density at radius 2 is 0.436 bits per heavy atom. The van der Waals surface area contributed by atoms with Gasteiger partial charge in [0.15, 0.2) is 58.0 Å². The van der Waals surface area contributed by atoms with Gasteiger partial charge < -0.3 is 13.3 Å². The van der Waals surface area contributed by atoms with E-state index in [0.717, 1.165) is 236 Å². The molecule has 0 unspecified atom stereocenters. The minimum absolute atomic E-state index is 0.619. The van der Waals surface area contributed by atoms with Crippen molar-refractivity contribution in [2.24, 2.45) is 0 Å². The second-order valence-corrected chi connectivity index (χ2v) is 37.2. The van der Waals surface area contributed by atoms with E-state index < -0.39 is 0 Å². The molecule has 30 aromatic rings. The SMILES string of the molecule is c1ccc(-c2nc(-c3ccc4ccccc4c3)nc(-c3ccc(-c4cccc5oc6cc7ccncc7cc6c45)c4ccccc34)n2)cc1.c1ccc(-c2nc(-c3ccc4ccccc4c3)nc(-c3ccc(-c4cccc5oc6cc7cnccc7cc6c45)c4ccccc34)n2)cc1.c1ccc(-c2nc(-c3ccccc3)nc(-c3ccc(-c4cnc(-c5ccccc5)c5oc6cc7ccccc7cc6c45)c4ccccc34)n2)cc1. The number of rotatable bonds is 13. The van der Waals surface area contributed by atoms with Crippen molar-refractivity contribution in [3.05, 3.63) is 486 Å². The molecule has 0 bridgehead atoms. The average Bonchev–Trinajstić information content (AvgIpc) is 1.58. The molecule has 694 valence electrons. The predicted molar refractivity (Wildman–Crippen MR) is 605 cm³/mol. The van der Waals surface area contributed by atoms with Crippen LogP contribution in [0.4, 0.5) is 0 Å². The summed E-state index contributed by atoms with van der Waals surface area (Å²) < 4.78 is 19.6. The van der Waals surface area contributed by atoms with E-state index in [4.69, 9.17) is 63.1 Å². The van der Waals surface area contributed by atoms with Crippen LogP contribution >= 0.6 is 0 Å². The zero-order valence-electron chi connectivity index (χ0n) is 79.8. The van der Waals surface area contributed by atoms with Gasteiger partial charge in [-0.3, -0.25) is 15.0 Å². The molecular weight excluding hydrogens is 1830 g/mol. The first-order valence-electron chi connectivity index (χ1n) is 49.6. The third kappa shape index (κ3) is 15.7. The molecule has 0 amide bonds. The molecule has 15 nitrogen and oxygen atoms in total. The van der Waals surface area contributed by atoms with Gasteiger partial charge in [-0.1, -0.05) is 364 Å². The quantitative estimate of drug-likeness (QED) is 0.106. The molecule has 0 radical (unpaired) electrons. The van der Waals surface area contributed by atoms with Gasteiger partial charge in [0.05, 0.1) is 0 Å². The van der Waals surface area contributed by atoms with Crippen LogP contribution in [0, 0.1) is 0 Å². The Bertz CT molecular complexity index is 10100. The standard InChI is InChI=1S/C46H28N4O.2C44H26N4O/c1-4-14-29(15-5-1)42-43-41(38-26-32-20-10-11-21-33(32)27-40(38)51-43)39(28-47-42)36-24-25-37(35-23-13-12-22-34(35)36)46-49-44(30-16-6-2-7-17-30)48-45(50-46)31-18-8-3-9-19-31;1-2-10-28(11-3-1)42-46-43(31-18-17-27-9-4-5-12-29(27)23-31)48-44(47-42)37-20-19-35(33-13-6-7-14-34(33)37)36-15-8-16-39-41(36)38-24-32-26-45-22-21-30(32)25-40(38)49-39;1-2-10-28(11-3-1)42-46-43(31-18-17-27-9-4-5-12-29(27)23-31)48-44(47-42)37-20-19-35(33-13-6-7-14-34(33)37)36-15-8-16-39-41(36)38-24-30-21-22-45-26-32(30)25-40(38)49-39/h1-28H;2*1-26H. The van der Waals surface area contributed by atoms with Crippen molar-refractivity contribution in [3.8, 4) is 147 Å². The molecule has 0 aliphatic carbocycles. The van der Waals surface area contributed by atoms with Gasteiger partial charge in [0.25, 0.3) is 0 Å². The summed E-state index contributed by atoms with van der Waals surface area (Å²) >= 11 is 0. The van der Waals surface area contributed by atoms with E-state index in [1.165, 1.54) is 10.8 Å². The highest BCUT2D eigenvalue weighted by molar-refractivity contribution is 6.23. The number of pyridine rings is 3. The number of hydrogen-bond acceptors (Lipinski definition) is 15. The van der Waals surface area contributed by atoms with Gasteiger partial charge >= 0.3 is 0 Å². The Labute approximate surface area is 852 Å². The van der Waals surface area contributed by atoms with E-state index in [0.29, 0.717) is 52.4 Å². The van der Waals surface area contributed by atoms with E-state index in [2.05, 4.69) is 301 Å². The molecule has 9 heterocycles. The van der Waals surface area contributed by atoms with Crippen LogP contribution in [0.25, 0.3) is 299 Å². The molecule has 0 fully saturated rings. The van der Waals surface area contributed by atoms with Crippen LogP contribution in [0.2, 0.25) is 0 Å². The molecule has 0 aliphatic heterocycles. The lowest BCUT2D eigenvalue weighted by molar-refractivity contribution is 0.668. The van der Waals surface area contributed by atoms with Crippen molar-refractivity contribution >= 4 is 152 Å². The highest BCUT2D eigenvalue weighted by atomic mass is 16.3. The van der Waals surface area contributed by atoms with E-state index >= 15 is 0 Å². The lowest BCUT2D eigenvalue weighted by atomic mass is 9.92. The number of aromatic nitrogens is 12. The van der Waals surface area contributed by atoms with Gasteiger partial charge in [0.1, 0.15) is 33.6 Å². The number of benzene rings is 21. The number of fused-ring (bicyclic) bond motifs is 17. The molecule has 0 saturated heterocycles. The Morgan fingerprint density at radius 1 is 0.148 bits per heavy atom. The molecule has 21 aromatic carbocycles. The molecule has 0 spiro atoms. The first-order chi connectivity index (χ1) is 73.8. The molecule has 0 atom stereocenters. The van der Waals surface area contributed by atoms with Crippen molar-refractivity contribution in [2.45, 2.75) is 0 Å². The lowest BCUT2D eigenvalue weighted by Gasteiger charge is -2.14. The summed E-state index contributed by atoms with van der Waals surface area (Å²) in [5.41, 5.74) is 21.9. The Kier molecular flexibility index (Phi) is 21.2. The highest BCUT2D eigenvalue weighted by Gasteiger charge is 2.27. The summed E-state index contributed by atoms with van der Waals surface area (Å²) in [6.07, 6.45) is 9.44. The zero-order chi connectivity index (χ0) is 98.4. The van der Waals surface area contributed by atoms with Crippen molar-refractivity contribution in [3.63, 3.8) is 0 Å². The van der Waals surface area contributed by atoms with Gasteiger partial charge in [-0.25, -0.2) is 44.9 Å². The second-order valence-electron chi connectivity index (χ2n) is 37.2. The minimum atomic E-state index is 0.619. The maximum atomic E-state index is 6.73. The normalized spacial score (nSPS) is 11.6. The number of furan rings is 3.